The molecule has 1 aromatic heterocycles. The molecule has 0 bridgehead atoms. The molecule has 37 heavy (non-hydrogen) atoms. The Morgan fingerprint density at radius 3 is 2.41 bits per heavy atom. The summed E-state index contributed by atoms with van der Waals surface area (Å²) in [5.41, 5.74) is 1.75. The molecule has 0 fully saturated rings. The Bertz CT molecular complexity index is 1400. The van der Waals surface area contributed by atoms with Crippen molar-refractivity contribution in [1.29, 1.82) is 5.26 Å². The first kappa shape index (κ1) is 25.4. The lowest BCUT2D eigenvalue weighted by molar-refractivity contribution is -0.112. The number of nitrogens with one attached hydrogen (secondary N) is 1. The molecule has 4 rings (SSSR count). The van der Waals surface area contributed by atoms with Crippen LogP contribution in [0.15, 0.2) is 84.4 Å². The molecule has 0 aliphatic carbocycles. The highest BCUT2D eigenvalue weighted by Crippen LogP contribution is 2.21. The molecule has 0 spiro atoms. The van der Waals surface area contributed by atoms with Crippen LogP contribution in [-0.4, -0.2) is 36.4 Å². The van der Waals surface area contributed by atoms with Crippen LogP contribution in [0, 0.1) is 11.3 Å². The van der Waals surface area contributed by atoms with Crippen LogP contribution in [0.25, 0.3) is 6.08 Å². The van der Waals surface area contributed by atoms with Crippen molar-refractivity contribution in [1.82, 2.24) is 10.2 Å². The van der Waals surface area contributed by atoms with Gasteiger partial charge in [0.2, 0.25) is 5.13 Å². The Morgan fingerprint density at radius 2 is 1.68 bits per heavy atom. The minimum absolute atomic E-state index is 0.0415. The fourth-order valence-electron chi connectivity index (χ4n) is 3.30. The topological polar surface area (TPSA) is 106 Å². The lowest BCUT2D eigenvalue weighted by Gasteiger charge is -2.09. The molecule has 186 valence electrons. The quantitative estimate of drug-likeness (QED) is 0.168. The van der Waals surface area contributed by atoms with Crippen molar-refractivity contribution in [3.8, 4) is 23.3 Å². The monoisotopic (exact) mass is 512 g/mol. The summed E-state index contributed by atoms with van der Waals surface area (Å²) in [6.45, 7) is 0.721. The smallest absolute Gasteiger partial charge is 0.268 e. The number of benzene rings is 3. The molecule has 1 amide bonds. The SMILES string of the molecule is COc1cccc(OCCOc2ccc(C=C(C#N)C(=O)Nc3nnc(Cc4ccccc4)s3)cc2)c1. The fraction of sp³-hybridized carbons (Fsp3) is 0.143. The molecule has 0 atom stereocenters. The molecule has 1 heterocycles. The van der Waals surface area contributed by atoms with Gasteiger partial charge in [-0.15, -0.1) is 10.2 Å². The number of nitrogens with zero attached hydrogens (tertiary/aromatic N) is 3. The third-order valence-electron chi connectivity index (χ3n) is 5.10. The van der Waals surface area contributed by atoms with Gasteiger partial charge >= 0.3 is 0 Å². The Morgan fingerprint density at radius 1 is 0.946 bits per heavy atom. The molecule has 1 N–H and O–H groups in total. The molecule has 0 unspecified atom stereocenters. The summed E-state index contributed by atoms with van der Waals surface area (Å²) in [4.78, 5) is 12.6. The number of aromatic nitrogens is 2. The van der Waals surface area contributed by atoms with Gasteiger partial charge in [-0.2, -0.15) is 5.26 Å². The highest BCUT2D eigenvalue weighted by atomic mass is 32.1. The number of amides is 1. The number of hydrogen-bond acceptors (Lipinski definition) is 8. The number of nitriles is 1. The molecule has 0 saturated heterocycles. The zero-order chi connectivity index (χ0) is 25.9. The average molecular weight is 513 g/mol. The average Bonchev–Trinajstić information content (AvgIpc) is 3.37. The predicted octanol–water partition coefficient (Wildman–Crippen LogP) is 5.14. The maximum atomic E-state index is 12.6. The van der Waals surface area contributed by atoms with Crippen LogP contribution in [0.1, 0.15) is 16.1 Å². The van der Waals surface area contributed by atoms with Crippen LogP contribution in [0.4, 0.5) is 5.13 Å². The number of methoxy groups -OCH3 is 1. The number of carbonyl (C=O) groups is 1. The predicted molar refractivity (Wildman–Crippen MR) is 142 cm³/mol. The third kappa shape index (κ3) is 7.65. The normalized spacial score (nSPS) is 10.9. The Balaban J connectivity index is 1.27. The van der Waals surface area contributed by atoms with Crippen LogP contribution < -0.4 is 19.5 Å². The summed E-state index contributed by atoms with van der Waals surface area (Å²) in [5, 5.41) is 21.4. The van der Waals surface area contributed by atoms with Crippen LogP contribution in [0.2, 0.25) is 0 Å². The number of ether oxygens (including phenoxy) is 3. The van der Waals surface area contributed by atoms with E-state index in [1.165, 1.54) is 17.4 Å². The van der Waals surface area contributed by atoms with Gasteiger partial charge in [0.25, 0.3) is 5.91 Å². The molecule has 9 heteroatoms. The molecule has 0 saturated carbocycles. The molecule has 0 aliphatic heterocycles. The number of rotatable bonds is 11. The minimum Gasteiger partial charge on any atom is -0.497 e. The molecule has 3 aromatic carbocycles. The summed E-state index contributed by atoms with van der Waals surface area (Å²) in [6, 6.07) is 26.3. The zero-order valence-corrected chi connectivity index (χ0v) is 20.9. The van der Waals surface area contributed by atoms with Crippen LogP contribution >= 0.6 is 11.3 Å². The minimum atomic E-state index is -0.542. The lowest BCUT2D eigenvalue weighted by atomic mass is 10.1. The highest BCUT2D eigenvalue weighted by molar-refractivity contribution is 7.15. The third-order valence-corrected chi connectivity index (χ3v) is 5.94. The van der Waals surface area contributed by atoms with E-state index in [0.717, 1.165) is 16.3 Å². The van der Waals surface area contributed by atoms with Crippen LogP contribution in [0.5, 0.6) is 17.2 Å². The molecule has 0 aliphatic rings. The maximum absolute atomic E-state index is 12.6. The second-order valence-electron chi connectivity index (χ2n) is 7.73. The van der Waals surface area contributed by atoms with Gasteiger partial charge in [0.15, 0.2) is 0 Å². The summed E-state index contributed by atoms with van der Waals surface area (Å²) < 4.78 is 16.5. The van der Waals surface area contributed by atoms with E-state index in [2.05, 4.69) is 15.5 Å². The van der Waals surface area contributed by atoms with Gasteiger partial charge in [-0.1, -0.05) is 59.9 Å². The van der Waals surface area contributed by atoms with Gasteiger partial charge in [-0.05, 0) is 41.5 Å². The van der Waals surface area contributed by atoms with Gasteiger partial charge in [0, 0.05) is 12.5 Å². The molecule has 0 radical (unpaired) electrons. The van der Waals surface area contributed by atoms with E-state index in [9.17, 15) is 10.1 Å². The molecule has 8 nitrogen and oxygen atoms in total. The van der Waals surface area contributed by atoms with Crippen molar-refractivity contribution in [3.05, 3.63) is 101 Å². The van der Waals surface area contributed by atoms with E-state index < -0.39 is 5.91 Å². The first-order valence-electron chi connectivity index (χ1n) is 11.4. The van der Waals surface area contributed by atoms with Crippen LogP contribution in [0.3, 0.4) is 0 Å². The van der Waals surface area contributed by atoms with Crippen molar-refractivity contribution in [2.24, 2.45) is 0 Å². The molecule has 4 aromatic rings. The Kier molecular flexibility index (Phi) is 8.83. The van der Waals surface area contributed by atoms with Crippen LogP contribution in [-0.2, 0) is 11.2 Å². The van der Waals surface area contributed by atoms with E-state index in [1.807, 2.05) is 54.6 Å². The number of anilines is 1. The van der Waals surface area contributed by atoms with Gasteiger partial charge in [-0.3, -0.25) is 10.1 Å². The summed E-state index contributed by atoms with van der Waals surface area (Å²) in [5.74, 6) is 1.53. The van der Waals surface area contributed by atoms with E-state index in [0.29, 0.717) is 41.8 Å². The summed E-state index contributed by atoms with van der Waals surface area (Å²) in [6.07, 6.45) is 2.13. The van der Waals surface area contributed by atoms with E-state index in [-0.39, 0.29) is 5.57 Å². The first-order valence-corrected chi connectivity index (χ1v) is 12.2. The standard InChI is InChI=1S/C28H24N4O4S/c1-34-24-8-5-9-25(18-24)36-15-14-35-23-12-10-21(11-13-23)16-22(19-29)27(33)30-28-32-31-26(37-28)17-20-6-3-2-4-7-20/h2-13,16,18H,14-15,17H2,1H3,(H,30,32,33). The van der Waals surface area contributed by atoms with Gasteiger partial charge in [0.05, 0.1) is 7.11 Å². The zero-order valence-electron chi connectivity index (χ0n) is 20.1. The van der Waals surface area contributed by atoms with E-state index >= 15 is 0 Å². The highest BCUT2D eigenvalue weighted by Gasteiger charge is 2.13. The molecular weight excluding hydrogens is 488 g/mol. The summed E-state index contributed by atoms with van der Waals surface area (Å²) in [7, 11) is 1.61. The van der Waals surface area contributed by atoms with E-state index in [1.54, 1.807) is 37.4 Å². The second-order valence-corrected chi connectivity index (χ2v) is 8.79. The van der Waals surface area contributed by atoms with Crippen molar-refractivity contribution < 1.29 is 19.0 Å². The van der Waals surface area contributed by atoms with Crippen molar-refractivity contribution in [2.75, 3.05) is 25.6 Å². The second kappa shape index (κ2) is 12.9. The Hall–Kier alpha value is -4.68. The maximum Gasteiger partial charge on any atom is 0.268 e. The van der Waals surface area contributed by atoms with Crippen molar-refractivity contribution in [3.63, 3.8) is 0 Å². The van der Waals surface area contributed by atoms with Gasteiger partial charge < -0.3 is 14.2 Å². The van der Waals surface area contributed by atoms with Gasteiger partial charge in [-0.25, -0.2) is 0 Å². The van der Waals surface area contributed by atoms with Crippen molar-refractivity contribution in [2.45, 2.75) is 6.42 Å². The summed E-state index contributed by atoms with van der Waals surface area (Å²) >= 11 is 1.28. The van der Waals surface area contributed by atoms with Gasteiger partial charge in [0.1, 0.15) is 47.1 Å². The number of carbonyl (C=O) groups excluding carboxylic acids is 1. The number of hydrogen-bond donors (Lipinski definition) is 1. The van der Waals surface area contributed by atoms with E-state index in [4.69, 9.17) is 14.2 Å². The largest absolute Gasteiger partial charge is 0.497 e. The van der Waals surface area contributed by atoms with Crippen molar-refractivity contribution >= 4 is 28.5 Å². The fourth-order valence-corrected chi connectivity index (χ4v) is 4.07. The molecular formula is C28H24N4O4S. The lowest BCUT2D eigenvalue weighted by Crippen LogP contribution is -2.13. The Labute approximate surface area is 218 Å². The first-order chi connectivity index (χ1) is 18.1.